The Labute approximate surface area is 170 Å². The van der Waals surface area contributed by atoms with Crippen molar-refractivity contribution < 1.29 is 9.59 Å². The van der Waals surface area contributed by atoms with Gasteiger partial charge in [0.15, 0.2) is 0 Å². The monoisotopic (exact) mass is 400 g/mol. The van der Waals surface area contributed by atoms with Crippen LogP contribution in [-0.4, -0.2) is 41.3 Å². The summed E-state index contributed by atoms with van der Waals surface area (Å²) in [6, 6.07) is 11.3. The van der Waals surface area contributed by atoms with E-state index in [2.05, 4.69) is 26.6 Å². The zero-order valence-corrected chi connectivity index (χ0v) is 16.5. The van der Waals surface area contributed by atoms with E-state index < -0.39 is 11.8 Å². The summed E-state index contributed by atoms with van der Waals surface area (Å²) in [5, 5.41) is 5.94. The summed E-state index contributed by atoms with van der Waals surface area (Å²) >= 11 is 6.05. The predicted octanol–water partition coefficient (Wildman–Crippen LogP) is 2.38. The van der Waals surface area contributed by atoms with Crippen LogP contribution in [0, 0.1) is 5.92 Å². The third kappa shape index (κ3) is 6.04. The zero-order valence-electron chi connectivity index (χ0n) is 15.7. The van der Waals surface area contributed by atoms with E-state index in [-0.39, 0.29) is 6.54 Å². The van der Waals surface area contributed by atoms with Gasteiger partial charge in [-0.15, -0.1) is 0 Å². The van der Waals surface area contributed by atoms with Gasteiger partial charge in [-0.3, -0.25) is 19.5 Å². The Bertz CT molecular complexity index is 792. The van der Waals surface area contributed by atoms with Gasteiger partial charge in [-0.2, -0.15) is 0 Å². The van der Waals surface area contributed by atoms with Crippen molar-refractivity contribution in [1.29, 1.82) is 0 Å². The molecule has 0 atom stereocenters. The molecule has 0 unspecified atom stereocenters. The van der Waals surface area contributed by atoms with Gasteiger partial charge in [-0.25, -0.2) is 0 Å². The Hall–Kier alpha value is -2.44. The van der Waals surface area contributed by atoms with Crippen molar-refractivity contribution in [3.63, 3.8) is 0 Å². The topological polar surface area (TPSA) is 74.3 Å². The Morgan fingerprint density at radius 1 is 1.07 bits per heavy atom. The zero-order chi connectivity index (χ0) is 19.8. The van der Waals surface area contributed by atoms with Crippen LogP contribution in [0.5, 0.6) is 0 Å². The van der Waals surface area contributed by atoms with Gasteiger partial charge in [0, 0.05) is 37.1 Å². The molecule has 28 heavy (non-hydrogen) atoms. The fraction of sp³-hybridized carbons (Fsp3) is 0.381. The number of carbonyl (C=O) groups is 2. The fourth-order valence-electron chi connectivity index (χ4n) is 3.31. The minimum absolute atomic E-state index is 0.235. The number of piperidine rings is 1. The van der Waals surface area contributed by atoms with Crippen LogP contribution in [0.4, 0.5) is 0 Å². The second kappa shape index (κ2) is 10.2. The number of rotatable bonds is 6. The maximum atomic E-state index is 12.0. The second-order valence-electron chi connectivity index (χ2n) is 7.06. The fourth-order valence-corrected chi connectivity index (χ4v) is 3.52. The molecule has 148 valence electrons. The lowest BCUT2D eigenvalue weighted by atomic mass is 9.96. The molecule has 0 spiro atoms. The molecule has 0 bridgehead atoms. The highest BCUT2D eigenvalue weighted by Crippen LogP contribution is 2.18. The van der Waals surface area contributed by atoms with Crippen LogP contribution >= 0.6 is 11.6 Å². The molecule has 1 aromatic carbocycles. The molecule has 0 radical (unpaired) electrons. The van der Waals surface area contributed by atoms with Crippen LogP contribution in [0.2, 0.25) is 5.02 Å². The number of carbonyl (C=O) groups excluding carboxylic acids is 2. The summed E-state index contributed by atoms with van der Waals surface area (Å²) in [4.78, 5) is 30.5. The van der Waals surface area contributed by atoms with Gasteiger partial charge in [0.2, 0.25) is 0 Å². The van der Waals surface area contributed by atoms with E-state index >= 15 is 0 Å². The van der Waals surface area contributed by atoms with Crippen LogP contribution in [0.25, 0.3) is 0 Å². The normalized spacial score (nSPS) is 15.2. The van der Waals surface area contributed by atoms with Gasteiger partial charge in [-0.05, 0) is 55.1 Å². The highest BCUT2D eigenvalue weighted by atomic mass is 35.5. The Kier molecular flexibility index (Phi) is 7.39. The largest absolute Gasteiger partial charge is 0.348 e. The summed E-state index contributed by atoms with van der Waals surface area (Å²) in [5.74, 6) is -0.829. The highest BCUT2D eigenvalue weighted by molar-refractivity contribution is 6.35. The number of hydrogen-bond acceptors (Lipinski definition) is 4. The summed E-state index contributed by atoms with van der Waals surface area (Å²) in [6.45, 7) is 3.62. The number of nitrogens with zero attached hydrogens (tertiary/aromatic N) is 2. The molecule has 1 aromatic heterocycles. The van der Waals surface area contributed by atoms with Crippen molar-refractivity contribution in [2.75, 3.05) is 19.6 Å². The van der Waals surface area contributed by atoms with Gasteiger partial charge < -0.3 is 10.6 Å². The molecular weight excluding hydrogens is 376 g/mol. The maximum Gasteiger partial charge on any atom is 0.309 e. The molecule has 6 nitrogen and oxygen atoms in total. The van der Waals surface area contributed by atoms with Crippen molar-refractivity contribution in [3.8, 4) is 0 Å². The summed E-state index contributed by atoms with van der Waals surface area (Å²) < 4.78 is 0. The van der Waals surface area contributed by atoms with Crippen LogP contribution in [0.3, 0.4) is 0 Å². The molecule has 1 fully saturated rings. The van der Waals surface area contributed by atoms with Crippen molar-refractivity contribution >= 4 is 23.4 Å². The quantitative estimate of drug-likeness (QED) is 0.730. The van der Waals surface area contributed by atoms with Crippen LogP contribution < -0.4 is 10.6 Å². The standard InChI is InChI=1S/C21H25ClN4O2/c22-19-6-2-1-5-18(19)14-25-21(28)20(27)24-13-16-7-10-26(11-8-16)15-17-4-3-9-23-12-17/h1-6,9,12,16H,7-8,10-11,13-15H2,(H,24,27)(H,25,28). The van der Waals surface area contributed by atoms with Crippen molar-refractivity contribution in [2.45, 2.75) is 25.9 Å². The number of benzene rings is 1. The minimum Gasteiger partial charge on any atom is -0.348 e. The molecule has 2 aromatic rings. The molecule has 1 saturated heterocycles. The molecular formula is C21H25ClN4O2. The van der Waals surface area contributed by atoms with E-state index in [9.17, 15) is 9.59 Å². The number of hydrogen-bond donors (Lipinski definition) is 2. The molecule has 2 N–H and O–H groups in total. The van der Waals surface area contributed by atoms with Crippen LogP contribution in [0.15, 0.2) is 48.8 Å². The molecule has 3 rings (SSSR count). The first kappa shape index (κ1) is 20.3. The maximum absolute atomic E-state index is 12.0. The number of amides is 2. The number of aromatic nitrogens is 1. The predicted molar refractivity (Wildman–Crippen MR) is 109 cm³/mol. The van der Waals surface area contributed by atoms with E-state index in [0.717, 1.165) is 38.0 Å². The van der Waals surface area contributed by atoms with E-state index in [0.29, 0.717) is 17.5 Å². The SMILES string of the molecule is O=C(NCc1ccccc1Cl)C(=O)NCC1CCN(Cc2cccnc2)CC1. The van der Waals surface area contributed by atoms with E-state index in [1.54, 1.807) is 12.3 Å². The van der Waals surface area contributed by atoms with Gasteiger partial charge >= 0.3 is 11.8 Å². The number of nitrogens with one attached hydrogen (secondary N) is 2. The number of pyridine rings is 1. The first-order valence-corrected chi connectivity index (χ1v) is 9.90. The van der Waals surface area contributed by atoms with Crippen molar-refractivity contribution in [3.05, 3.63) is 64.9 Å². The van der Waals surface area contributed by atoms with Crippen molar-refractivity contribution in [1.82, 2.24) is 20.5 Å². The molecule has 2 amide bonds. The summed E-state index contributed by atoms with van der Waals surface area (Å²) in [7, 11) is 0. The molecule has 1 aliphatic heterocycles. The molecule has 7 heteroatoms. The lowest BCUT2D eigenvalue weighted by Gasteiger charge is -2.31. The van der Waals surface area contributed by atoms with E-state index in [1.165, 1.54) is 5.56 Å². The Morgan fingerprint density at radius 3 is 2.54 bits per heavy atom. The minimum atomic E-state index is -0.631. The van der Waals surface area contributed by atoms with Gasteiger partial charge in [0.1, 0.15) is 0 Å². The first-order chi connectivity index (χ1) is 13.6. The average molecular weight is 401 g/mol. The second-order valence-corrected chi connectivity index (χ2v) is 7.47. The van der Waals surface area contributed by atoms with Gasteiger partial charge in [0.25, 0.3) is 0 Å². The Balaban J connectivity index is 1.35. The van der Waals surface area contributed by atoms with Crippen LogP contribution in [0.1, 0.15) is 24.0 Å². The molecule has 0 aliphatic carbocycles. The van der Waals surface area contributed by atoms with E-state index in [1.807, 2.05) is 30.5 Å². The molecule has 2 heterocycles. The number of halogens is 1. The summed E-state index contributed by atoms with van der Waals surface area (Å²) in [6.07, 6.45) is 5.68. The van der Waals surface area contributed by atoms with Gasteiger partial charge in [0.05, 0.1) is 0 Å². The first-order valence-electron chi connectivity index (χ1n) is 9.52. The van der Waals surface area contributed by atoms with Crippen LogP contribution in [-0.2, 0) is 22.7 Å². The smallest absolute Gasteiger partial charge is 0.309 e. The number of likely N-dealkylation sites (tertiary alicyclic amines) is 1. The third-order valence-electron chi connectivity index (χ3n) is 4.99. The third-order valence-corrected chi connectivity index (χ3v) is 5.36. The average Bonchev–Trinajstić information content (AvgIpc) is 2.73. The lowest BCUT2D eigenvalue weighted by molar-refractivity contribution is -0.139. The molecule has 1 aliphatic rings. The highest BCUT2D eigenvalue weighted by Gasteiger charge is 2.21. The van der Waals surface area contributed by atoms with Gasteiger partial charge in [-0.1, -0.05) is 35.9 Å². The lowest BCUT2D eigenvalue weighted by Crippen LogP contribution is -2.43. The Morgan fingerprint density at radius 2 is 1.82 bits per heavy atom. The molecule has 0 saturated carbocycles. The summed E-state index contributed by atoms with van der Waals surface area (Å²) in [5.41, 5.74) is 2.00. The van der Waals surface area contributed by atoms with E-state index in [4.69, 9.17) is 11.6 Å². The van der Waals surface area contributed by atoms with Crippen molar-refractivity contribution in [2.24, 2.45) is 5.92 Å².